The summed E-state index contributed by atoms with van der Waals surface area (Å²) in [6.45, 7) is 4.01. The molecule has 1 N–H and O–H groups in total. The van der Waals surface area contributed by atoms with Crippen molar-refractivity contribution in [3.63, 3.8) is 0 Å². The molecule has 1 aliphatic heterocycles. The fourth-order valence-electron chi connectivity index (χ4n) is 3.51. The Labute approximate surface area is 175 Å². The molecular weight excluding hydrogens is 380 g/mol. The fraction of sp³-hybridized carbons (Fsp3) is 0.261. The number of aromatic nitrogens is 1. The highest BCUT2D eigenvalue weighted by atomic mass is 16.3. The zero-order valence-corrected chi connectivity index (χ0v) is 16.7. The second-order valence-electron chi connectivity index (χ2n) is 7.25. The van der Waals surface area contributed by atoms with E-state index in [1.807, 2.05) is 47.4 Å². The number of benzene rings is 1. The number of hydrogen-bond donors (Lipinski definition) is 1. The lowest BCUT2D eigenvalue weighted by atomic mass is 10.1. The number of hydrogen-bond acceptors (Lipinski definition) is 5. The molecule has 3 heterocycles. The SMILES string of the molecule is O=C(NCc1ccccn1)c1cccc(CN2CCN(C(=O)c3ccco3)CC2)c1. The van der Waals surface area contributed by atoms with Crippen molar-refractivity contribution in [3.8, 4) is 0 Å². The summed E-state index contributed by atoms with van der Waals surface area (Å²) < 4.78 is 5.21. The first kappa shape index (κ1) is 19.8. The molecular formula is C23H24N4O3. The average molecular weight is 404 g/mol. The third-order valence-electron chi connectivity index (χ3n) is 5.14. The maximum atomic E-state index is 12.5. The maximum absolute atomic E-state index is 12.5. The predicted molar refractivity (Wildman–Crippen MR) is 112 cm³/mol. The third kappa shape index (κ3) is 4.93. The van der Waals surface area contributed by atoms with Gasteiger partial charge in [0.2, 0.25) is 0 Å². The van der Waals surface area contributed by atoms with E-state index in [1.165, 1.54) is 6.26 Å². The molecule has 1 aliphatic rings. The maximum Gasteiger partial charge on any atom is 0.289 e. The van der Waals surface area contributed by atoms with Crippen molar-refractivity contribution in [2.24, 2.45) is 0 Å². The van der Waals surface area contributed by atoms with Gasteiger partial charge in [0.1, 0.15) is 0 Å². The van der Waals surface area contributed by atoms with Crippen LogP contribution in [0.2, 0.25) is 0 Å². The first-order valence-corrected chi connectivity index (χ1v) is 10.0. The number of amides is 2. The van der Waals surface area contributed by atoms with Crippen LogP contribution in [-0.4, -0.2) is 52.8 Å². The van der Waals surface area contributed by atoms with Crippen molar-refractivity contribution in [2.75, 3.05) is 26.2 Å². The minimum absolute atomic E-state index is 0.0637. The molecule has 7 heteroatoms. The molecule has 30 heavy (non-hydrogen) atoms. The number of piperazine rings is 1. The number of rotatable bonds is 6. The minimum Gasteiger partial charge on any atom is -0.459 e. The quantitative estimate of drug-likeness (QED) is 0.683. The molecule has 7 nitrogen and oxygen atoms in total. The molecule has 0 radical (unpaired) electrons. The second-order valence-corrected chi connectivity index (χ2v) is 7.25. The van der Waals surface area contributed by atoms with Crippen LogP contribution in [0.5, 0.6) is 0 Å². The Morgan fingerprint density at radius 2 is 1.87 bits per heavy atom. The summed E-state index contributed by atoms with van der Waals surface area (Å²) in [5.41, 5.74) is 2.53. The smallest absolute Gasteiger partial charge is 0.289 e. The monoisotopic (exact) mass is 404 g/mol. The highest BCUT2D eigenvalue weighted by molar-refractivity contribution is 5.94. The predicted octanol–water partition coefficient (Wildman–Crippen LogP) is 2.56. The fourth-order valence-corrected chi connectivity index (χ4v) is 3.51. The van der Waals surface area contributed by atoms with Crippen LogP contribution < -0.4 is 5.32 Å². The Morgan fingerprint density at radius 1 is 1.00 bits per heavy atom. The van der Waals surface area contributed by atoms with Crippen LogP contribution >= 0.6 is 0 Å². The molecule has 0 aliphatic carbocycles. The molecule has 0 saturated carbocycles. The summed E-state index contributed by atoms with van der Waals surface area (Å²) in [4.78, 5) is 33.2. The van der Waals surface area contributed by atoms with Crippen LogP contribution in [-0.2, 0) is 13.1 Å². The van der Waals surface area contributed by atoms with Gasteiger partial charge in [0.05, 0.1) is 18.5 Å². The van der Waals surface area contributed by atoms with Crippen molar-refractivity contribution in [1.82, 2.24) is 20.1 Å². The van der Waals surface area contributed by atoms with Crippen molar-refractivity contribution < 1.29 is 14.0 Å². The summed E-state index contributed by atoms with van der Waals surface area (Å²) >= 11 is 0. The number of nitrogens with zero attached hydrogens (tertiary/aromatic N) is 3. The van der Waals surface area contributed by atoms with Crippen LogP contribution in [0.3, 0.4) is 0 Å². The van der Waals surface area contributed by atoms with Crippen LogP contribution in [0.1, 0.15) is 32.2 Å². The van der Waals surface area contributed by atoms with Crippen LogP contribution in [0.15, 0.2) is 71.5 Å². The summed E-state index contributed by atoms with van der Waals surface area (Å²) in [5.74, 6) is 0.204. The van der Waals surface area contributed by atoms with Crippen molar-refractivity contribution in [3.05, 3.63) is 89.6 Å². The van der Waals surface area contributed by atoms with Gasteiger partial charge < -0.3 is 14.6 Å². The van der Waals surface area contributed by atoms with Gasteiger partial charge in [0, 0.05) is 44.5 Å². The van der Waals surface area contributed by atoms with Gasteiger partial charge in [0.25, 0.3) is 11.8 Å². The van der Waals surface area contributed by atoms with Gasteiger partial charge in [-0.25, -0.2) is 0 Å². The first-order valence-electron chi connectivity index (χ1n) is 10.0. The molecule has 1 saturated heterocycles. The summed E-state index contributed by atoms with van der Waals surface area (Å²) in [6.07, 6.45) is 3.23. The second kappa shape index (κ2) is 9.37. The number of carbonyl (C=O) groups excluding carboxylic acids is 2. The molecule has 0 atom stereocenters. The number of carbonyl (C=O) groups is 2. The summed E-state index contributed by atoms with van der Waals surface area (Å²) in [6, 6.07) is 16.7. The van der Waals surface area contributed by atoms with E-state index in [0.717, 1.165) is 30.9 Å². The van der Waals surface area contributed by atoms with Gasteiger partial charge in [0.15, 0.2) is 5.76 Å². The molecule has 0 spiro atoms. The van der Waals surface area contributed by atoms with Gasteiger partial charge in [-0.15, -0.1) is 0 Å². The van der Waals surface area contributed by atoms with Gasteiger partial charge in [-0.05, 0) is 42.0 Å². The van der Waals surface area contributed by atoms with Gasteiger partial charge >= 0.3 is 0 Å². The zero-order valence-electron chi connectivity index (χ0n) is 16.7. The van der Waals surface area contributed by atoms with Crippen molar-refractivity contribution in [2.45, 2.75) is 13.1 Å². The molecule has 0 unspecified atom stereocenters. The third-order valence-corrected chi connectivity index (χ3v) is 5.14. The highest BCUT2D eigenvalue weighted by Gasteiger charge is 2.23. The van der Waals surface area contributed by atoms with Crippen LogP contribution in [0, 0.1) is 0 Å². The lowest BCUT2D eigenvalue weighted by molar-refractivity contribution is 0.0597. The standard InChI is InChI=1S/C23H24N4O3/c28-22(25-16-20-7-1-2-9-24-20)19-6-3-5-18(15-19)17-26-10-12-27(13-11-26)23(29)21-8-4-14-30-21/h1-9,14-15H,10-13,16-17H2,(H,25,28). The van der Waals surface area contributed by atoms with Gasteiger partial charge in [-0.1, -0.05) is 18.2 Å². The van der Waals surface area contributed by atoms with Crippen LogP contribution in [0.25, 0.3) is 0 Å². The van der Waals surface area contributed by atoms with E-state index >= 15 is 0 Å². The van der Waals surface area contributed by atoms with Gasteiger partial charge in [-0.2, -0.15) is 0 Å². The number of furan rings is 1. The summed E-state index contributed by atoms with van der Waals surface area (Å²) in [7, 11) is 0. The number of pyridine rings is 1. The Bertz CT molecular complexity index is 981. The largest absolute Gasteiger partial charge is 0.459 e. The summed E-state index contributed by atoms with van der Waals surface area (Å²) in [5, 5.41) is 2.91. The van der Waals surface area contributed by atoms with E-state index in [0.29, 0.717) is 31.0 Å². The lowest BCUT2D eigenvalue weighted by Crippen LogP contribution is -2.48. The van der Waals surface area contributed by atoms with Crippen molar-refractivity contribution in [1.29, 1.82) is 0 Å². The molecule has 154 valence electrons. The number of nitrogens with one attached hydrogen (secondary N) is 1. The van der Waals surface area contributed by atoms with E-state index in [4.69, 9.17) is 4.42 Å². The Balaban J connectivity index is 1.29. The molecule has 4 rings (SSSR count). The topological polar surface area (TPSA) is 78.7 Å². The zero-order chi connectivity index (χ0) is 20.8. The van der Waals surface area contributed by atoms with Crippen LogP contribution in [0.4, 0.5) is 0 Å². The average Bonchev–Trinajstić information content (AvgIpc) is 3.33. The normalized spacial score (nSPS) is 14.5. The van der Waals surface area contributed by atoms with Crippen molar-refractivity contribution >= 4 is 11.8 Å². The molecule has 0 bridgehead atoms. The Kier molecular flexibility index (Phi) is 6.20. The molecule has 3 aromatic rings. The first-order chi connectivity index (χ1) is 14.7. The Hall–Kier alpha value is -3.45. The molecule has 2 aromatic heterocycles. The molecule has 2 amide bonds. The van der Waals surface area contributed by atoms with E-state index in [2.05, 4.69) is 15.2 Å². The molecule has 1 fully saturated rings. The molecule has 1 aromatic carbocycles. The highest BCUT2D eigenvalue weighted by Crippen LogP contribution is 2.13. The van der Waals surface area contributed by atoms with Gasteiger partial charge in [-0.3, -0.25) is 19.5 Å². The van der Waals surface area contributed by atoms with E-state index in [-0.39, 0.29) is 11.8 Å². The van der Waals surface area contributed by atoms with E-state index in [9.17, 15) is 9.59 Å². The van der Waals surface area contributed by atoms with E-state index in [1.54, 1.807) is 18.3 Å². The Morgan fingerprint density at radius 3 is 2.60 bits per heavy atom. The van der Waals surface area contributed by atoms with E-state index < -0.39 is 0 Å². The lowest BCUT2D eigenvalue weighted by Gasteiger charge is -2.34. The minimum atomic E-state index is -0.114.